The molecule has 0 unspecified atom stereocenters. The lowest BCUT2D eigenvalue weighted by Gasteiger charge is -2.43. The molecule has 3 amide bonds. The molecule has 2 aromatic carbocycles. The predicted octanol–water partition coefficient (Wildman–Crippen LogP) is 12.0. The number of halogens is 3. The number of aliphatic hydroxyl groups excluding tert-OH is 1. The van der Waals surface area contributed by atoms with E-state index in [0.29, 0.717) is 197 Å². The number of esters is 1. The highest BCUT2D eigenvalue weighted by Gasteiger charge is 2.54. The number of pyridine rings is 2. The van der Waals surface area contributed by atoms with Crippen LogP contribution in [0.4, 0.5) is 23.7 Å². The van der Waals surface area contributed by atoms with Gasteiger partial charge in [-0.2, -0.15) is 13.2 Å². The number of benzene rings is 2. The van der Waals surface area contributed by atoms with Crippen molar-refractivity contribution in [3.8, 4) is 16.8 Å². The van der Waals surface area contributed by atoms with Crippen LogP contribution in [-0.4, -0.2) is 316 Å². The molecule has 3 N–H and O–H groups in total. The summed E-state index contributed by atoms with van der Waals surface area (Å²) in [7, 11) is 5.84. The summed E-state index contributed by atoms with van der Waals surface area (Å²) in [5.41, 5.74) is 4.50. The monoisotopic (exact) mass is 2000 g/mol. The van der Waals surface area contributed by atoms with Crippen molar-refractivity contribution in [1.29, 1.82) is 0 Å². The molecule has 788 valence electrons. The number of anilines is 1. The summed E-state index contributed by atoms with van der Waals surface area (Å²) in [6.07, 6.45) is 13.0. The SMILES string of the molecule is COC(=O)N[C@H]1C[C@@H]2CC[C@@H](C)[C@@](O)(O2)C(=O)C(=O)N2CCCC[C@H]2C(=O)O[C@H]([C@H](C)C[C@@H]2CC[C@@H](OCCCCc3cn(CCOCCOCCOCCOCCOCCOCCOCCOCCC(=O)N4CCN(c5ccc(-n6c(=O)n(C)c7cnc8ccc(-c9ccc(C)nc9)cc8c76)cc5C(F)(F)F)CC4)nn3)[C@H](OC)C2)CC(=O)[C@H](C)/C=C(\C)[C@@H](O)[C@@H](OC)C(=O)[C@H](C)C[C@H](C)/C=C/C=C/C=C/1C. The zero-order valence-electron chi connectivity index (χ0n) is 85.0. The van der Waals surface area contributed by atoms with Gasteiger partial charge in [-0.3, -0.25) is 43.1 Å². The van der Waals surface area contributed by atoms with E-state index in [1.54, 1.807) is 87.0 Å². The highest BCUT2D eigenvalue weighted by atomic mass is 19.4. The Morgan fingerprint density at radius 1 is 0.678 bits per heavy atom. The fourth-order valence-corrected chi connectivity index (χ4v) is 19.2. The maximum Gasteiger partial charge on any atom is 0.418 e. The normalized spacial score (nSPS) is 25.6. The molecule has 4 aliphatic heterocycles. The Balaban J connectivity index is 0.510. The topological polar surface area (TPSA) is 394 Å². The highest BCUT2D eigenvalue weighted by Crippen LogP contribution is 2.42. The molecule has 1 saturated carbocycles. The number of ether oxygens (including phenoxy) is 14. The summed E-state index contributed by atoms with van der Waals surface area (Å²) in [4.78, 5) is 126. The van der Waals surface area contributed by atoms with Crippen LogP contribution in [0.3, 0.4) is 0 Å². The van der Waals surface area contributed by atoms with Crippen LogP contribution in [0.5, 0.6) is 0 Å². The maximum atomic E-state index is 15.0. The van der Waals surface area contributed by atoms with E-state index in [-0.39, 0.29) is 125 Å². The van der Waals surface area contributed by atoms with Crippen molar-refractivity contribution in [2.75, 3.05) is 171 Å². The number of cyclic esters (lactones) is 1. The van der Waals surface area contributed by atoms with E-state index in [4.69, 9.17) is 66.3 Å². The number of hydrogen-bond acceptors (Lipinski definition) is 29. The van der Waals surface area contributed by atoms with E-state index in [9.17, 15) is 48.6 Å². The van der Waals surface area contributed by atoms with Crippen LogP contribution in [0.15, 0.2) is 120 Å². The van der Waals surface area contributed by atoms with Gasteiger partial charge < -0.3 is 96.5 Å². The Labute approximate surface area is 835 Å². The fraction of sp³-hybridized carbons (Fsp3) is 0.638. The number of nitrogens with one attached hydrogen (secondary N) is 1. The van der Waals surface area contributed by atoms with Crippen LogP contribution in [0.1, 0.15) is 162 Å². The molecule has 2 bridgehead atoms. The van der Waals surface area contributed by atoms with Gasteiger partial charge in [0.05, 0.1) is 190 Å². The minimum absolute atomic E-state index is 0.0189. The maximum absolute atomic E-state index is 15.0. The number of fused-ring (bicyclic) bond motifs is 6. The molecule has 35 nitrogen and oxygen atoms in total. The first-order chi connectivity index (χ1) is 68.8. The van der Waals surface area contributed by atoms with E-state index in [1.165, 1.54) is 35.5 Å². The number of carbonyl (C=O) groups excluding carboxylic acids is 7. The lowest BCUT2D eigenvalue weighted by atomic mass is 9.78. The molecule has 11 rings (SSSR count). The number of allylic oxidation sites excluding steroid dienone is 6. The van der Waals surface area contributed by atoms with Crippen LogP contribution in [0.2, 0.25) is 0 Å². The standard InChI is InChI=1S/C105H148F3N11O24/c1-69-20-14-13-15-21-70(2)86(111-102(127)132-12)64-82-30-24-75(7)104(129,143-82)99(124)100(125)118-35-18-16-23-88(118)101(126)142-92(65-90(120)71(3)59-74(6)97(123)98(131-11)96(122)73(5)58-69)72(4)60-77-26-33-91(93(61-77)130-10)141-41-19-17-22-80-68-117(113-112-80)40-43-134-45-47-136-49-51-138-53-55-140-57-56-139-54-52-137-50-48-135-46-44-133-42-34-94(121)116-38-36-115(37-39-116)87-32-29-81(63-84(87)105(106,107)108)119-95-83-62-78(79-27-25-76(8)109-66-79)28-31-85(83)110-67-89(95)114(9)103(119)128/h13-15,20-21,25,27-29,31-32,59,62-63,66-69,71-73,75,77,82,86,88,91-93,97-98,123,129H,16-19,22-24,26,30,33-58,60-61,64-65H2,1-12H3,(H,111,127)/b15-13+,20-14+,70-21+,74-59+/t69-,71-,72-,73-,75-,77+,82+,86+,88+,91-,92+,93-,97-,98+,104-/m1/s1. The molecule has 6 aromatic rings. The van der Waals surface area contributed by atoms with Crippen LogP contribution < -0.4 is 15.9 Å². The highest BCUT2D eigenvalue weighted by molar-refractivity contribution is 6.39. The van der Waals surface area contributed by atoms with Gasteiger partial charge in [-0.15, -0.1) is 5.10 Å². The first-order valence-corrected chi connectivity index (χ1v) is 50.4. The van der Waals surface area contributed by atoms with Crippen LogP contribution in [0.25, 0.3) is 38.8 Å². The quantitative estimate of drug-likeness (QED) is 0.0139. The third kappa shape index (κ3) is 32.8. The van der Waals surface area contributed by atoms with Gasteiger partial charge in [0.15, 0.2) is 5.78 Å². The second-order valence-electron chi connectivity index (χ2n) is 38.1. The Morgan fingerprint density at radius 2 is 1.34 bits per heavy atom. The fourth-order valence-electron chi connectivity index (χ4n) is 19.2. The number of nitrogens with zero attached hydrogens (tertiary/aromatic N) is 10. The number of piperazine rings is 1. The van der Waals surface area contributed by atoms with E-state index in [1.807, 2.05) is 82.5 Å². The number of Topliss-reactive ketones (excluding diaryl/α,β-unsaturated/α-hetero) is 3. The molecule has 0 spiro atoms. The van der Waals surface area contributed by atoms with Gasteiger partial charge >= 0.3 is 23.9 Å². The lowest BCUT2D eigenvalue weighted by Crippen LogP contribution is -2.61. The number of rotatable bonds is 42. The number of hydrogen-bond donors (Lipinski definition) is 3. The molecular weight excluding hydrogens is 1860 g/mol. The molecule has 5 aliphatic rings. The molecule has 4 aromatic heterocycles. The number of amides is 3. The van der Waals surface area contributed by atoms with Crippen LogP contribution >= 0.6 is 0 Å². The summed E-state index contributed by atoms with van der Waals surface area (Å²) in [5, 5.41) is 36.0. The van der Waals surface area contributed by atoms with Crippen LogP contribution in [-0.2, 0) is 121 Å². The molecule has 15 atom stereocenters. The second kappa shape index (κ2) is 56.7. The third-order valence-electron chi connectivity index (χ3n) is 27.6. The van der Waals surface area contributed by atoms with Gasteiger partial charge in [0.1, 0.15) is 30.1 Å². The molecule has 3 saturated heterocycles. The van der Waals surface area contributed by atoms with Crippen LogP contribution in [0, 0.1) is 42.4 Å². The summed E-state index contributed by atoms with van der Waals surface area (Å²) in [6.45, 7) is 22.0. The summed E-state index contributed by atoms with van der Waals surface area (Å²) < 4.78 is 130. The average Bonchev–Trinajstić information content (AvgIpc) is 1.58. The van der Waals surface area contributed by atoms with Crippen molar-refractivity contribution in [3.05, 3.63) is 142 Å². The number of aromatic nitrogens is 7. The molecule has 4 fully saturated rings. The Hall–Kier alpha value is -9.91. The van der Waals surface area contributed by atoms with Gasteiger partial charge in [-0.05, 0) is 176 Å². The number of aliphatic hydroxyl groups is 2. The number of methoxy groups -OCH3 is 3. The van der Waals surface area contributed by atoms with E-state index < -0.39 is 107 Å². The number of ketones is 3. The zero-order chi connectivity index (χ0) is 103. The number of piperidine rings is 1. The molecule has 38 heteroatoms. The van der Waals surface area contributed by atoms with Crippen molar-refractivity contribution >= 4 is 68.9 Å². The van der Waals surface area contributed by atoms with Crippen molar-refractivity contribution in [3.63, 3.8) is 0 Å². The third-order valence-corrected chi connectivity index (χ3v) is 27.6. The number of imidazole rings is 1. The largest absolute Gasteiger partial charge is 0.460 e. The summed E-state index contributed by atoms with van der Waals surface area (Å²) in [6, 6.07) is 11.5. The van der Waals surface area contributed by atoms with E-state index in [2.05, 4.69) is 25.6 Å². The number of aryl methyl sites for hydroxylation is 3. The van der Waals surface area contributed by atoms with Crippen molar-refractivity contribution in [1.82, 2.24) is 49.2 Å². The Morgan fingerprint density at radius 3 is 1.99 bits per heavy atom. The molecule has 8 heterocycles. The van der Waals surface area contributed by atoms with Crippen molar-refractivity contribution < 1.29 is 123 Å². The number of unbranched alkanes of at least 4 members (excludes halogenated alkanes) is 1. The minimum Gasteiger partial charge on any atom is -0.460 e. The first kappa shape index (κ1) is 113. The number of alkyl halides is 3. The van der Waals surface area contributed by atoms with Gasteiger partial charge in [-0.1, -0.05) is 94.0 Å². The van der Waals surface area contributed by atoms with Gasteiger partial charge in [0.2, 0.25) is 11.7 Å². The summed E-state index contributed by atoms with van der Waals surface area (Å²) in [5.74, 6) is -8.96. The number of carbonyl (C=O) groups is 7. The molecule has 0 radical (unpaired) electrons. The zero-order valence-corrected chi connectivity index (χ0v) is 85.0. The second-order valence-corrected chi connectivity index (χ2v) is 38.1. The minimum atomic E-state index is -4.75. The predicted molar refractivity (Wildman–Crippen MR) is 527 cm³/mol. The van der Waals surface area contributed by atoms with Gasteiger partial charge in [-0.25, -0.2) is 19.1 Å². The van der Waals surface area contributed by atoms with Gasteiger partial charge in [0.25, 0.3) is 11.7 Å². The van der Waals surface area contributed by atoms with E-state index >= 15 is 13.2 Å². The van der Waals surface area contributed by atoms with E-state index in [0.717, 1.165) is 52.7 Å². The molecule has 143 heavy (non-hydrogen) atoms. The van der Waals surface area contributed by atoms with Crippen molar-refractivity contribution in [2.45, 2.75) is 225 Å². The average molecular weight is 2010 g/mol. The Bertz CT molecular complexity index is 5290. The Kier molecular flexibility index (Phi) is 45.0. The summed E-state index contributed by atoms with van der Waals surface area (Å²) >= 11 is 0. The smallest absolute Gasteiger partial charge is 0.418 e. The molecular formula is C105H148F3N11O24. The first-order valence-electron chi connectivity index (χ1n) is 50.4. The number of alkyl carbamates (subject to hydrolysis) is 1. The molecule has 1 aliphatic carbocycles. The lowest BCUT2D eigenvalue weighted by molar-refractivity contribution is -0.264. The van der Waals surface area contributed by atoms with Gasteiger partial charge in [0, 0.05) is 119 Å². The van der Waals surface area contributed by atoms with Crippen molar-refractivity contribution in [2.24, 2.45) is 42.6 Å².